The molecule has 1 aromatic rings. The van der Waals surface area contributed by atoms with Crippen LogP contribution in [0.15, 0.2) is 17.5 Å². The van der Waals surface area contributed by atoms with Gasteiger partial charge in [-0.15, -0.1) is 0 Å². The lowest BCUT2D eigenvalue weighted by Crippen LogP contribution is -2.47. The highest BCUT2D eigenvalue weighted by Crippen LogP contribution is 2.52. The molecule has 2 amide bonds. The molecule has 4 rings (SSSR count). The molecule has 2 saturated carbocycles. The Labute approximate surface area is 158 Å². The minimum absolute atomic E-state index is 0.0137. The maximum atomic E-state index is 13.3. The lowest BCUT2D eigenvalue weighted by molar-refractivity contribution is -0.165. The number of rotatable bonds is 4. The number of halogens is 3. The maximum Gasteiger partial charge on any atom is 0.413 e. The number of alkyl halides is 3. The number of nitrogens with one attached hydrogen (secondary N) is 2. The molecule has 8 nitrogen and oxygen atoms in total. The second-order valence-corrected chi connectivity index (χ2v) is 7.59. The van der Waals surface area contributed by atoms with Crippen molar-refractivity contribution in [1.29, 1.82) is 0 Å². The van der Waals surface area contributed by atoms with Gasteiger partial charge in [0.1, 0.15) is 6.10 Å². The summed E-state index contributed by atoms with van der Waals surface area (Å²) in [5.41, 5.74) is 0.396. The van der Waals surface area contributed by atoms with E-state index >= 15 is 0 Å². The Hall–Kier alpha value is -2.59. The first-order valence-corrected chi connectivity index (χ1v) is 9.10. The first-order valence-electron chi connectivity index (χ1n) is 9.10. The number of carbonyl (C=O) groups is 2. The quantitative estimate of drug-likeness (QED) is 0.740. The van der Waals surface area contributed by atoms with Crippen LogP contribution in [0.4, 0.5) is 13.2 Å². The third kappa shape index (κ3) is 3.33. The zero-order valence-electron chi connectivity index (χ0n) is 15.1. The third-order valence-electron chi connectivity index (χ3n) is 5.81. The average molecular weight is 399 g/mol. The Morgan fingerprint density at radius 3 is 2.75 bits per heavy atom. The first-order chi connectivity index (χ1) is 13.2. The highest BCUT2D eigenvalue weighted by Gasteiger charge is 2.54. The molecule has 0 saturated heterocycles. The predicted molar refractivity (Wildman–Crippen MR) is 89.8 cm³/mol. The van der Waals surface area contributed by atoms with Crippen LogP contribution in [0.25, 0.3) is 0 Å². The van der Waals surface area contributed by atoms with Crippen LogP contribution in [0.2, 0.25) is 0 Å². The standard InChI is InChI=1S/C17H20F3N5O3/c1-25-7-10(5-22-25)14(17(18,19)20)23-16(27)15(26)21-6-11-12-8-2-3-9(4-8)13(12)28-24-11/h5,7-9,12-14H,2-4,6H2,1H3,(H,21,26)(H,23,27)/t8-,9+,12-,13-,14?/m1/s1. The van der Waals surface area contributed by atoms with Gasteiger partial charge in [-0.2, -0.15) is 18.3 Å². The number of oxime groups is 1. The molecule has 28 heavy (non-hydrogen) atoms. The van der Waals surface area contributed by atoms with E-state index in [2.05, 4.69) is 15.6 Å². The van der Waals surface area contributed by atoms with Crippen molar-refractivity contribution in [3.8, 4) is 0 Å². The van der Waals surface area contributed by atoms with Crippen molar-refractivity contribution in [3.63, 3.8) is 0 Å². The van der Waals surface area contributed by atoms with Gasteiger partial charge in [-0.05, 0) is 31.1 Å². The summed E-state index contributed by atoms with van der Waals surface area (Å²) in [6.45, 7) is -0.0137. The normalized spacial score (nSPS) is 29.1. The summed E-state index contributed by atoms with van der Waals surface area (Å²) in [7, 11) is 1.46. The van der Waals surface area contributed by atoms with Crippen molar-refractivity contribution in [2.45, 2.75) is 37.6 Å². The number of carbonyl (C=O) groups excluding carboxylic acids is 2. The van der Waals surface area contributed by atoms with Crippen molar-refractivity contribution in [2.24, 2.45) is 30.0 Å². The van der Waals surface area contributed by atoms with Crippen LogP contribution in [0.3, 0.4) is 0 Å². The second kappa shape index (κ2) is 6.78. The van der Waals surface area contributed by atoms with Crippen LogP contribution in [0.5, 0.6) is 0 Å². The van der Waals surface area contributed by atoms with E-state index in [-0.39, 0.29) is 24.1 Å². The molecule has 2 fully saturated rings. The van der Waals surface area contributed by atoms with E-state index < -0.39 is 24.0 Å². The Bertz CT molecular complexity index is 821. The fourth-order valence-corrected chi connectivity index (χ4v) is 4.58. The Kier molecular flexibility index (Phi) is 4.54. The van der Waals surface area contributed by atoms with Crippen LogP contribution in [-0.2, 0) is 21.5 Å². The van der Waals surface area contributed by atoms with Crippen molar-refractivity contribution < 1.29 is 27.6 Å². The molecule has 2 bridgehead atoms. The molecule has 5 atom stereocenters. The van der Waals surface area contributed by atoms with Gasteiger partial charge < -0.3 is 15.5 Å². The first kappa shape index (κ1) is 18.8. The van der Waals surface area contributed by atoms with Crippen molar-refractivity contribution in [2.75, 3.05) is 6.54 Å². The molecule has 2 N–H and O–H groups in total. The zero-order chi connectivity index (χ0) is 20.1. The van der Waals surface area contributed by atoms with Crippen molar-refractivity contribution in [1.82, 2.24) is 20.4 Å². The summed E-state index contributed by atoms with van der Waals surface area (Å²) in [5.74, 6) is -1.45. The summed E-state index contributed by atoms with van der Waals surface area (Å²) in [4.78, 5) is 29.5. The maximum absolute atomic E-state index is 13.3. The van der Waals surface area contributed by atoms with Crippen molar-refractivity contribution in [3.05, 3.63) is 18.0 Å². The molecule has 0 spiro atoms. The summed E-state index contributed by atoms with van der Waals surface area (Å²) in [5, 5.41) is 11.8. The summed E-state index contributed by atoms with van der Waals surface area (Å²) < 4.78 is 41.0. The van der Waals surface area contributed by atoms with Crippen LogP contribution < -0.4 is 10.6 Å². The van der Waals surface area contributed by atoms with Gasteiger partial charge in [-0.1, -0.05) is 5.16 Å². The number of aromatic nitrogens is 2. The minimum atomic E-state index is -4.77. The number of fused-ring (bicyclic) bond motifs is 5. The number of amides is 2. The van der Waals surface area contributed by atoms with E-state index in [0.717, 1.165) is 31.7 Å². The van der Waals surface area contributed by atoms with Gasteiger partial charge in [-0.3, -0.25) is 14.3 Å². The number of aryl methyl sites for hydroxylation is 1. The fourth-order valence-electron chi connectivity index (χ4n) is 4.58. The molecule has 1 aliphatic heterocycles. The largest absolute Gasteiger partial charge is 0.413 e. The van der Waals surface area contributed by atoms with E-state index in [1.54, 1.807) is 5.32 Å². The second-order valence-electron chi connectivity index (χ2n) is 7.59. The monoisotopic (exact) mass is 399 g/mol. The number of hydrogen-bond acceptors (Lipinski definition) is 5. The molecule has 152 valence electrons. The summed E-state index contributed by atoms with van der Waals surface area (Å²) in [6, 6.07) is -2.32. The molecule has 0 radical (unpaired) electrons. The van der Waals surface area contributed by atoms with Gasteiger partial charge in [-0.25, -0.2) is 0 Å². The van der Waals surface area contributed by atoms with E-state index in [1.807, 2.05) is 0 Å². The van der Waals surface area contributed by atoms with E-state index in [9.17, 15) is 22.8 Å². The Morgan fingerprint density at radius 1 is 1.32 bits per heavy atom. The molecule has 2 heterocycles. The summed E-state index contributed by atoms with van der Waals surface area (Å²) in [6.07, 6.45) is 0.656. The average Bonchev–Trinajstić information content (AvgIpc) is 3.38. The summed E-state index contributed by atoms with van der Waals surface area (Å²) >= 11 is 0. The lowest BCUT2D eigenvalue weighted by atomic mass is 9.83. The van der Waals surface area contributed by atoms with Gasteiger partial charge in [0.15, 0.2) is 6.04 Å². The molecular formula is C17H20F3N5O3. The highest BCUT2D eigenvalue weighted by atomic mass is 19.4. The lowest BCUT2D eigenvalue weighted by Gasteiger charge is -2.23. The minimum Gasteiger partial charge on any atom is -0.391 e. The SMILES string of the molecule is Cn1cc(C(NC(=O)C(=O)NCC2=NO[C@@H]3[C@H]4CC[C@H](C4)[C@H]23)C(F)(F)F)cn1. The molecule has 1 aromatic heterocycles. The fraction of sp³-hybridized carbons (Fsp3) is 0.647. The van der Waals surface area contributed by atoms with Crippen LogP contribution in [0.1, 0.15) is 30.9 Å². The van der Waals surface area contributed by atoms with Crippen LogP contribution in [-0.4, -0.2) is 46.1 Å². The Balaban J connectivity index is 1.35. The Morgan fingerprint density at radius 2 is 2.07 bits per heavy atom. The molecule has 2 aliphatic carbocycles. The van der Waals surface area contributed by atoms with Gasteiger partial charge >= 0.3 is 18.0 Å². The topological polar surface area (TPSA) is 97.6 Å². The van der Waals surface area contributed by atoms with Gasteiger partial charge in [0.05, 0.1) is 18.5 Å². The highest BCUT2D eigenvalue weighted by molar-refractivity contribution is 6.35. The molecule has 11 heteroatoms. The van der Waals surface area contributed by atoms with Crippen LogP contribution >= 0.6 is 0 Å². The molecule has 3 aliphatic rings. The molecular weight excluding hydrogens is 379 g/mol. The zero-order valence-corrected chi connectivity index (χ0v) is 15.1. The predicted octanol–water partition coefficient (Wildman–Crippen LogP) is 1.06. The van der Waals surface area contributed by atoms with Crippen LogP contribution in [0, 0.1) is 17.8 Å². The van der Waals surface area contributed by atoms with E-state index in [4.69, 9.17) is 4.84 Å². The molecule has 0 aromatic carbocycles. The van der Waals surface area contributed by atoms with E-state index in [1.165, 1.54) is 11.7 Å². The smallest absolute Gasteiger partial charge is 0.391 e. The van der Waals surface area contributed by atoms with Gasteiger partial charge in [0, 0.05) is 24.7 Å². The number of hydrogen-bond donors (Lipinski definition) is 2. The number of nitrogens with zero attached hydrogens (tertiary/aromatic N) is 3. The molecule has 1 unspecified atom stereocenters. The van der Waals surface area contributed by atoms with Gasteiger partial charge in [0.2, 0.25) is 0 Å². The van der Waals surface area contributed by atoms with E-state index in [0.29, 0.717) is 17.5 Å². The van der Waals surface area contributed by atoms with Crippen molar-refractivity contribution >= 4 is 17.5 Å². The van der Waals surface area contributed by atoms with Gasteiger partial charge in [0.25, 0.3) is 0 Å². The third-order valence-corrected chi connectivity index (χ3v) is 5.81.